The molecule has 98 valence electrons. The minimum atomic E-state index is -3.79. The maximum Gasteiger partial charge on any atom is 0.267 e. The molecule has 0 bridgehead atoms. The summed E-state index contributed by atoms with van der Waals surface area (Å²) in [5, 5.41) is 8.72. The molecule has 0 saturated carbocycles. The quantitative estimate of drug-likeness (QED) is 0.839. The number of hydrogen-bond acceptors (Lipinski definition) is 4. The minimum absolute atomic E-state index is 0.0250. The van der Waals surface area contributed by atoms with Crippen molar-refractivity contribution < 1.29 is 13.2 Å². The van der Waals surface area contributed by atoms with Gasteiger partial charge in [-0.25, -0.2) is 8.42 Å². The van der Waals surface area contributed by atoms with E-state index < -0.39 is 10.0 Å². The average molecular weight is 278 g/mol. The van der Waals surface area contributed by atoms with Gasteiger partial charge in [-0.3, -0.25) is 14.2 Å². The Hall–Kier alpha value is -2.35. The first kappa shape index (κ1) is 11.7. The van der Waals surface area contributed by atoms with E-state index in [2.05, 4.69) is 15.5 Å². The van der Waals surface area contributed by atoms with Crippen LogP contribution >= 0.6 is 0 Å². The van der Waals surface area contributed by atoms with Crippen LogP contribution in [0.4, 0.5) is 11.4 Å². The lowest BCUT2D eigenvalue weighted by Gasteiger charge is -2.29. The van der Waals surface area contributed by atoms with E-state index in [0.717, 1.165) is 4.31 Å². The van der Waals surface area contributed by atoms with Gasteiger partial charge < -0.3 is 5.32 Å². The monoisotopic (exact) mass is 278 g/mol. The van der Waals surface area contributed by atoms with Crippen LogP contribution in [-0.4, -0.2) is 31.1 Å². The molecule has 0 atom stereocenters. The Labute approximate surface area is 109 Å². The molecule has 2 aromatic rings. The second-order valence-electron chi connectivity index (χ2n) is 4.01. The number of sulfonamides is 1. The number of carbonyl (C=O) groups excluding carboxylic acids is 1. The summed E-state index contributed by atoms with van der Waals surface area (Å²) in [5.41, 5.74) is 0.925. The molecule has 8 heteroatoms. The molecule has 7 nitrogen and oxygen atoms in total. The number of hydrogen-bond donors (Lipinski definition) is 2. The van der Waals surface area contributed by atoms with E-state index in [4.69, 9.17) is 0 Å². The van der Waals surface area contributed by atoms with Gasteiger partial charge in [0.15, 0.2) is 0 Å². The molecule has 1 aliphatic rings. The number of H-pyrrole nitrogens is 1. The van der Waals surface area contributed by atoms with Gasteiger partial charge in [0.2, 0.25) is 5.91 Å². The average Bonchev–Trinajstić information content (AvgIpc) is 2.92. The molecule has 19 heavy (non-hydrogen) atoms. The lowest BCUT2D eigenvalue weighted by Crippen LogP contribution is -2.41. The van der Waals surface area contributed by atoms with E-state index in [-0.39, 0.29) is 17.3 Å². The normalized spacial score (nSPS) is 14.9. The fourth-order valence-electron chi connectivity index (χ4n) is 1.92. The molecule has 2 N–H and O–H groups in total. The Kier molecular flexibility index (Phi) is 2.53. The lowest BCUT2D eigenvalue weighted by molar-refractivity contribution is -0.115. The number of nitrogens with zero attached hydrogens (tertiary/aromatic N) is 2. The van der Waals surface area contributed by atoms with Crippen molar-refractivity contribution in [2.45, 2.75) is 4.90 Å². The Balaban J connectivity index is 2.14. The highest BCUT2D eigenvalue weighted by molar-refractivity contribution is 7.92. The largest absolute Gasteiger partial charge is 0.323 e. The van der Waals surface area contributed by atoms with Crippen molar-refractivity contribution in [3.05, 3.63) is 36.7 Å². The second-order valence-corrected chi connectivity index (χ2v) is 5.87. The van der Waals surface area contributed by atoms with Crippen molar-refractivity contribution in [1.82, 2.24) is 10.2 Å². The highest BCUT2D eigenvalue weighted by atomic mass is 32.2. The first-order valence-electron chi connectivity index (χ1n) is 5.49. The molecular formula is C11H10N4O3S. The molecule has 0 fully saturated rings. The summed E-state index contributed by atoms with van der Waals surface area (Å²) in [6.45, 7) is -0.246. The van der Waals surface area contributed by atoms with Gasteiger partial charge in [0, 0.05) is 6.20 Å². The third-order valence-corrected chi connectivity index (χ3v) is 4.52. The summed E-state index contributed by atoms with van der Waals surface area (Å²) < 4.78 is 26.0. The number of aromatic nitrogens is 2. The highest BCUT2D eigenvalue weighted by Crippen LogP contribution is 2.32. The Morgan fingerprint density at radius 1 is 1.26 bits per heavy atom. The summed E-state index contributed by atoms with van der Waals surface area (Å²) in [6, 6.07) is 6.75. The molecule has 0 radical (unpaired) electrons. The van der Waals surface area contributed by atoms with Crippen molar-refractivity contribution in [2.75, 3.05) is 16.2 Å². The number of carbonyl (C=O) groups is 1. The maximum atomic E-state index is 12.4. The van der Waals surface area contributed by atoms with Crippen molar-refractivity contribution in [1.29, 1.82) is 0 Å². The van der Waals surface area contributed by atoms with Gasteiger partial charge in [0.05, 0.1) is 17.6 Å². The number of para-hydroxylation sites is 2. The lowest BCUT2D eigenvalue weighted by atomic mass is 10.2. The molecule has 1 aromatic heterocycles. The summed E-state index contributed by atoms with van der Waals surface area (Å²) in [4.78, 5) is 11.6. The number of amides is 1. The molecule has 0 saturated heterocycles. The zero-order chi connectivity index (χ0) is 13.5. The molecular weight excluding hydrogens is 268 g/mol. The topological polar surface area (TPSA) is 95.2 Å². The first-order chi connectivity index (χ1) is 9.09. The summed E-state index contributed by atoms with van der Waals surface area (Å²) >= 11 is 0. The molecule has 1 amide bonds. The van der Waals surface area contributed by atoms with E-state index in [1.807, 2.05) is 0 Å². The predicted molar refractivity (Wildman–Crippen MR) is 68.2 cm³/mol. The van der Waals surface area contributed by atoms with Crippen LogP contribution in [0.15, 0.2) is 41.6 Å². The van der Waals surface area contributed by atoms with Gasteiger partial charge in [-0.05, 0) is 12.1 Å². The number of rotatable bonds is 2. The number of fused-ring (bicyclic) bond motifs is 1. The van der Waals surface area contributed by atoms with Crippen molar-refractivity contribution in [3.8, 4) is 0 Å². The molecule has 1 aliphatic heterocycles. The van der Waals surface area contributed by atoms with Crippen molar-refractivity contribution >= 4 is 27.3 Å². The van der Waals surface area contributed by atoms with Crippen LogP contribution < -0.4 is 9.62 Å². The van der Waals surface area contributed by atoms with Gasteiger partial charge in [-0.15, -0.1) is 0 Å². The van der Waals surface area contributed by atoms with Gasteiger partial charge in [-0.1, -0.05) is 12.1 Å². The van der Waals surface area contributed by atoms with Gasteiger partial charge in [-0.2, -0.15) is 5.10 Å². The van der Waals surface area contributed by atoms with E-state index in [1.54, 1.807) is 24.3 Å². The minimum Gasteiger partial charge on any atom is -0.323 e. The standard InChI is InChI=1S/C11H10N4O3S/c16-11-7-15(10-4-2-1-3-9(10)14-11)19(17,18)8-5-12-13-6-8/h1-6H,7H2,(H,12,13)(H,14,16). The van der Waals surface area contributed by atoms with Crippen LogP contribution in [0.2, 0.25) is 0 Å². The number of anilines is 2. The highest BCUT2D eigenvalue weighted by Gasteiger charge is 2.32. The third-order valence-electron chi connectivity index (χ3n) is 2.80. The van der Waals surface area contributed by atoms with E-state index in [0.29, 0.717) is 11.4 Å². The SMILES string of the molecule is O=C1CN(S(=O)(=O)c2cn[nH]c2)c2ccccc2N1. The maximum absolute atomic E-state index is 12.4. The Bertz CT molecular complexity index is 724. The Morgan fingerprint density at radius 2 is 2.05 bits per heavy atom. The summed E-state index contributed by atoms with van der Waals surface area (Å²) in [6.07, 6.45) is 2.49. The van der Waals surface area contributed by atoms with Crippen molar-refractivity contribution in [2.24, 2.45) is 0 Å². The second kappa shape index (κ2) is 4.09. The van der Waals surface area contributed by atoms with Gasteiger partial charge in [0.25, 0.3) is 10.0 Å². The van der Waals surface area contributed by atoms with E-state index >= 15 is 0 Å². The van der Waals surface area contributed by atoms with Crippen LogP contribution in [0.1, 0.15) is 0 Å². The zero-order valence-corrected chi connectivity index (χ0v) is 10.5. The van der Waals surface area contributed by atoms with Crippen LogP contribution in [0.3, 0.4) is 0 Å². The number of benzene rings is 1. The van der Waals surface area contributed by atoms with Crippen LogP contribution in [0, 0.1) is 0 Å². The number of nitrogens with one attached hydrogen (secondary N) is 2. The molecule has 0 spiro atoms. The molecule has 2 heterocycles. The zero-order valence-electron chi connectivity index (χ0n) is 9.70. The Morgan fingerprint density at radius 3 is 2.79 bits per heavy atom. The number of aromatic amines is 1. The van der Waals surface area contributed by atoms with E-state index in [9.17, 15) is 13.2 Å². The van der Waals surface area contributed by atoms with E-state index in [1.165, 1.54) is 12.4 Å². The predicted octanol–water partition coefficient (Wildman–Crippen LogP) is 0.557. The summed E-state index contributed by atoms with van der Waals surface area (Å²) in [5.74, 6) is -0.370. The smallest absolute Gasteiger partial charge is 0.267 e. The molecule has 1 aromatic carbocycles. The molecule has 3 rings (SSSR count). The first-order valence-corrected chi connectivity index (χ1v) is 6.93. The summed E-state index contributed by atoms with van der Waals surface area (Å²) in [7, 11) is -3.79. The van der Waals surface area contributed by atoms with Gasteiger partial charge in [0.1, 0.15) is 11.4 Å². The molecule has 0 unspecified atom stereocenters. The van der Waals surface area contributed by atoms with Gasteiger partial charge >= 0.3 is 0 Å². The fraction of sp³-hybridized carbons (Fsp3) is 0.0909. The molecule has 0 aliphatic carbocycles. The van der Waals surface area contributed by atoms with Crippen LogP contribution in [0.25, 0.3) is 0 Å². The fourth-order valence-corrected chi connectivity index (χ4v) is 3.27. The van der Waals surface area contributed by atoms with Crippen LogP contribution in [-0.2, 0) is 14.8 Å². The van der Waals surface area contributed by atoms with Crippen molar-refractivity contribution in [3.63, 3.8) is 0 Å². The third kappa shape index (κ3) is 1.85. The van der Waals surface area contributed by atoms with Crippen LogP contribution in [0.5, 0.6) is 0 Å².